The van der Waals surface area contributed by atoms with Gasteiger partial charge in [0.05, 0.1) is 14.1 Å². The van der Waals surface area contributed by atoms with Crippen LogP contribution in [0.4, 0.5) is 0 Å². The SMILES string of the molecule is C[NH+](C)[C@H]1CC[C@@H](c2ccccc2)c2ccccc21.[Cl-]. The van der Waals surface area contributed by atoms with Gasteiger partial charge in [-0.3, -0.25) is 0 Å². The molecule has 2 heteroatoms. The van der Waals surface area contributed by atoms with E-state index in [4.69, 9.17) is 0 Å². The minimum Gasteiger partial charge on any atom is -1.00 e. The molecule has 0 fully saturated rings. The molecule has 1 aliphatic rings. The second kappa shape index (κ2) is 6.43. The van der Waals surface area contributed by atoms with Crippen molar-refractivity contribution in [1.82, 2.24) is 0 Å². The molecular formula is C18H22ClN. The number of quaternary nitrogens is 1. The van der Waals surface area contributed by atoms with E-state index in [0.717, 1.165) is 0 Å². The van der Waals surface area contributed by atoms with Crippen molar-refractivity contribution in [3.63, 3.8) is 0 Å². The summed E-state index contributed by atoms with van der Waals surface area (Å²) in [6.45, 7) is 0. The van der Waals surface area contributed by atoms with Gasteiger partial charge in [-0.25, -0.2) is 0 Å². The third-order valence-corrected chi connectivity index (χ3v) is 4.39. The van der Waals surface area contributed by atoms with Gasteiger partial charge in [-0.05, 0) is 17.5 Å². The summed E-state index contributed by atoms with van der Waals surface area (Å²) in [6.07, 6.45) is 2.54. The molecule has 1 N–H and O–H groups in total. The Balaban J connectivity index is 0.00000147. The highest BCUT2D eigenvalue weighted by atomic mass is 35.5. The van der Waals surface area contributed by atoms with Crippen molar-refractivity contribution in [1.29, 1.82) is 0 Å². The van der Waals surface area contributed by atoms with Crippen LogP contribution >= 0.6 is 0 Å². The first-order valence-corrected chi connectivity index (χ1v) is 7.21. The molecule has 2 aromatic rings. The number of hydrogen-bond donors (Lipinski definition) is 1. The van der Waals surface area contributed by atoms with Gasteiger partial charge in [0.1, 0.15) is 6.04 Å². The van der Waals surface area contributed by atoms with Crippen LogP contribution in [0.15, 0.2) is 54.6 Å². The van der Waals surface area contributed by atoms with Gasteiger partial charge in [-0.2, -0.15) is 0 Å². The number of rotatable bonds is 2. The summed E-state index contributed by atoms with van der Waals surface area (Å²) in [5.41, 5.74) is 4.54. The van der Waals surface area contributed by atoms with Gasteiger partial charge in [-0.15, -0.1) is 0 Å². The van der Waals surface area contributed by atoms with Crippen LogP contribution in [0, 0.1) is 0 Å². The van der Waals surface area contributed by atoms with Crippen LogP contribution in [0.5, 0.6) is 0 Å². The van der Waals surface area contributed by atoms with Crippen molar-refractivity contribution in [2.45, 2.75) is 24.8 Å². The number of halogens is 1. The molecule has 0 amide bonds. The van der Waals surface area contributed by atoms with Crippen molar-refractivity contribution >= 4 is 0 Å². The lowest BCUT2D eigenvalue weighted by atomic mass is 9.76. The smallest absolute Gasteiger partial charge is 0.113 e. The van der Waals surface area contributed by atoms with Crippen molar-refractivity contribution in [3.05, 3.63) is 71.3 Å². The van der Waals surface area contributed by atoms with Crippen LogP contribution in [0.1, 0.15) is 41.5 Å². The number of benzene rings is 2. The van der Waals surface area contributed by atoms with Gasteiger partial charge in [0.2, 0.25) is 0 Å². The highest BCUT2D eigenvalue weighted by molar-refractivity contribution is 5.40. The summed E-state index contributed by atoms with van der Waals surface area (Å²) < 4.78 is 0. The zero-order valence-electron chi connectivity index (χ0n) is 12.1. The normalized spacial score (nSPS) is 21.1. The molecule has 2 atom stereocenters. The molecule has 20 heavy (non-hydrogen) atoms. The number of hydrogen-bond acceptors (Lipinski definition) is 0. The Bertz CT molecular complexity index is 550. The summed E-state index contributed by atoms with van der Waals surface area (Å²) in [7, 11) is 4.54. The maximum atomic E-state index is 2.32. The Morgan fingerprint density at radius 2 is 1.40 bits per heavy atom. The van der Waals surface area contributed by atoms with Gasteiger partial charge < -0.3 is 17.3 Å². The standard InChI is InChI=1S/C18H21N.ClH/c1-19(2)18-13-12-15(14-8-4-3-5-9-14)16-10-6-7-11-17(16)18;/h3-11,15,18H,12-13H2,1-2H3;1H/t15-,18-;/m0./s1. The van der Waals surface area contributed by atoms with E-state index in [1.54, 1.807) is 10.5 Å². The Morgan fingerprint density at radius 3 is 2.05 bits per heavy atom. The zero-order chi connectivity index (χ0) is 13.2. The van der Waals surface area contributed by atoms with E-state index >= 15 is 0 Å². The van der Waals surface area contributed by atoms with Gasteiger partial charge in [0.15, 0.2) is 0 Å². The van der Waals surface area contributed by atoms with E-state index in [1.807, 2.05) is 0 Å². The van der Waals surface area contributed by atoms with E-state index in [1.165, 1.54) is 24.0 Å². The average molecular weight is 288 g/mol. The fourth-order valence-corrected chi connectivity index (χ4v) is 3.42. The first-order chi connectivity index (χ1) is 9.27. The second-order valence-electron chi connectivity index (χ2n) is 5.80. The first kappa shape index (κ1) is 15.1. The van der Waals surface area contributed by atoms with Crippen LogP contribution in [-0.4, -0.2) is 14.1 Å². The predicted octanol–water partition coefficient (Wildman–Crippen LogP) is -0.198. The molecular weight excluding hydrogens is 266 g/mol. The van der Waals surface area contributed by atoms with Crippen LogP contribution in [-0.2, 0) is 0 Å². The average Bonchev–Trinajstić information content (AvgIpc) is 2.47. The van der Waals surface area contributed by atoms with Gasteiger partial charge in [0, 0.05) is 17.9 Å². The summed E-state index contributed by atoms with van der Waals surface area (Å²) >= 11 is 0. The molecule has 0 saturated heterocycles. The van der Waals surface area contributed by atoms with E-state index in [0.29, 0.717) is 12.0 Å². The Morgan fingerprint density at radius 1 is 0.800 bits per heavy atom. The van der Waals surface area contributed by atoms with Crippen molar-refractivity contribution in [2.24, 2.45) is 0 Å². The van der Waals surface area contributed by atoms with Gasteiger partial charge >= 0.3 is 0 Å². The Labute approximate surface area is 128 Å². The maximum absolute atomic E-state index is 2.32. The van der Waals surface area contributed by atoms with Gasteiger partial charge in [0.25, 0.3) is 0 Å². The summed E-state index contributed by atoms with van der Waals surface area (Å²) in [6, 6.07) is 20.6. The number of nitrogens with one attached hydrogen (secondary N) is 1. The highest BCUT2D eigenvalue weighted by Gasteiger charge is 2.30. The van der Waals surface area contributed by atoms with E-state index in [-0.39, 0.29) is 12.4 Å². The highest BCUT2D eigenvalue weighted by Crippen LogP contribution is 2.39. The van der Waals surface area contributed by atoms with E-state index in [2.05, 4.69) is 68.7 Å². The molecule has 106 valence electrons. The minimum atomic E-state index is 0. The van der Waals surface area contributed by atoms with Crippen LogP contribution in [0.3, 0.4) is 0 Å². The quantitative estimate of drug-likeness (QED) is 0.781. The Hall–Kier alpha value is -1.31. The first-order valence-electron chi connectivity index (χ1n) is 7.21. The lowest BCUT2D eigenvalue weighted by Gasteiger charge is -2.33. The summed E-state index contributed by atoms with van der Waals surface area (Å²) in [5.74, 6) is 0.577. The van der Waals surface area contributed by atoms with Gasteiger partial charge in [-0.1, -0.05) is 54.6 Å². The van der Waals surface area contributed by atoms with E-state index in [9.17, 15) is 0 Å². The predicted molar refractivity (Wildman–Crippen MR) is 79.5 cm³/mol. The molecule has 0 heterocycles. The molecule has 0 bridgehead atoms. The molecule has 0 unspecified atom stereocenters. The molecule has 0 spiro atoms. The lowest BCUT2D eigenvalue weighted by Crippen LogP contribution is -3.06. The van der Waals surface area contributed by atoms with Crippen LogP contribution in [0.2, 0.25) is 0 Å². The fourth-order valence-electron chi connectivity index (χ4n) is 3.42. The van der Waals surface area contributed by atoms with Crippen molar-refractivity contribution in [3.8, 4) is 0 Å². The number of fused-ring (bicyclic) bond motifs is 1. The topological polar surface area (TPSA) is 4.44 Å². The molecule has 3 rings (SSSR count). The second-order valence-corrected chi connectivity index (χ2v) is 5.80. The molecule has 0 aliphatic heterocycles. The molecule has 0 saturated carbocycles. The zero-order valence-corrected chi connectivity index (χ0v) is 12.9. The van der Waals surface area contributed by atoms with Crippen LogP contribution < -0.4 is 17.3 Å². The molecule has 1 aliphatic carbocycles. The van der Waals surface area contributed by atoms with Crippen molar-refractivity contribution < 1.29 is 17.3 Å². The molecule has 2 aromatic carbocycles. The third kappa shape index (κ3) is 2.74. The minimum absolute atomic E-state index is 0. The maximum Gasteiger partial charge on any atom is 0.113 e. The van der Waals surface area contributed by atoms with E-state index < -0.39 is 0 Å². The lowest BCUT2D eigenvalue weighted by molar-refractivity contribution is -0.893. The molecule has 1 nitrogen and oxygen atoms in total. The molecule has 0 radical (unpaired) electrons. The van der Waals surface area contributed by atoms with Crippen LogP contribution in [0.25, 0.3) is 0 Å². The monoisotopic (exact) mass is 287 g/mol. The Kier molecular flexibility index (Phi) is 4.85. The largest absolute Gasteiger partial charge is 1.00 e. The third-order valence-electron chi connectivity index (χ3n) is 4.39. The van der Waals surface area contributed by atoms with Crippen molar-refractivity contribution in [2.75, 3.05) is 14.1 Å². The molecule has 0 aromatic heterocycles. The summed E-state index contributed by atoms with van der Waals surface area (Å²) in [5, 5.41) is 0. The fraction of sp³-hybridized carbons (Fsp3) is 0.333. The summed E-state index contributed by atoms with van der Waals surface area (Å²) in [4.78, 5) is 1.54.